The van der Waals surface area contributed by atoms with Gasteiger partial charge in [0.1, 0.15) is 11.5 Å². The predicted molar refractivity (Wildman–Crippen MR) is 50.1 cm³/mol. The molecular weight excluding hydrogens is 166 g/mol. The number of hydrogen-bond donors (Lipinski definition) is 0. The molecule has 3 nitrogen and oxygen atoms in total. The van der Waals surface area contributed by atoms with Gasteiger partial charge in [0.2, 0.25) is 0 Å². The highest BCUT2D eigenvalue weighted by atomic mass is 16.3. The van der Waals surface area contributed by atoms with Gasteiger partial charge in [-0.3, -0.25) is 0 Å². The maximum atomic E-state index is 10.8. The van der Waals surface area contributed by atoms with Crippen LogP contribution in [0.25, 0.3) is 5.57 Å². The van der Waals surface area contributed by atoms with Gasteiger partial charge in [-0.25, -0.2) is 4.98 Å². The zero-order chi connectivity index (χ0) is 9.68. The molecule has 1 aromatic rings. The standard InChI is InChI=1S/C10H13NO2/c1-3-9(5-4-8(2)12)10-6-11-7-13-10/h3,6-7H,4-5H2,1-2H3. The fraction of sp³-hybridized carbons (Fsp3) is 0.400. The molecule has 70 valence electrons. The molecule has 0 fully saturated rings. The van der Waals surface area contributed by atoms with E-state index in [1.807, 2.05) is 13.0 Å². The van der Waals surface area contributed by atoms with E-state index < -0.39 is 0 Å². The van der Waals surface area contributed by atoms with Gasteiger partial charge in [-0.1, -0.05) is 6.08 Å². The number of ketones is 1. The van der Waals surface area contributed by atoms with Crippen LogP contribution in [0.4, 0.5) is 0 Å². The maximum Gasteiger partial charge on any atom is 0.181 e. The monoisotopic (exact) mass is 179 g/mol. The smallest absolute Gasteiger partial charge is 0.181 e. The van der Waals surface area contributed by atoms with Crippen molar-refractivity contribution in [3.05, 3.63) is 24.4 Å². The Labute approximate surface area is 77.5 Å². The maximum absolute atomic E-state index is 10.8. The summed E-state index contributed by atoms with van der Waals surface area (Å²) in [5, 5.41) is 0. The van der Waals surface area contributed by atoms with Gasteiger partial charge >= 0.3 is 0 Å². The highest BCUT2D eigenvalue weighted by Gasteiger charge is 2.05. The molecule has 1 rings (SSSR count). The van der Waals surface area contributed by atoms with Crippen molar-refractivity contribution in [2.24, 2.45) is 0 Å². The van der Waals surface area contributed by atoms with Gasteiger partial charge in [0.05, 0.1) is 6.20 Å². The molecule has 0 saturated heterocycles. The fourth-order valence-electron chi connectivity index (χ4n) is 1.09. The Balaban J connectivity index is 2.60. The van der Waals surface area contributed by atoms with Crippen LogP contribution in [0.1, 0.15) is 32.4 Å². The number of aromatic nitrogens is 1. The molecule has 0 N–H and O–H groups in total. The molecule has 0 bridgehead atoms. The first-order valence-electron chi connectivity index (χ1n) is 4.27. The first kappa shape index (κ1) is 9.71. The van der Waals surface area contributed by atoms with Crippen LogP contribution in [0.2, 0.25) is 0 Å². The summed E-state index contributed by atoms with van der Waals surface area (Å²) in [5.74, 6) is 0.947. The highest BCUT2D eigenvalue weighted by Crippen LogP contribution is 2.18. The summed E-state index contributed by atoms with van der Waals surface area (Å²) in [6, 6.07) is 0. The number of allylic oxidation sites excluding steroid dienone is 2. The van der Waals surface area contributed by atoms with Gasteiger partial charge in [0.25, 0.3) is 0 Å². The van der Waals surface area contributed by atoms with E-state index in [9.17, 15) is 4.79 Å². The van der Waals surface area contributed by atoms with Crippen molar-refractivity contribution in [2.45, 2.75) is 26.7 Å². The number of rotatable bonds is 4. The zero-order valence-electron chi connectivity index (χ0n) is 7.91. The van der Waals surface area contributed by atoms with E-state index in [2.05, 4.69) is 4.98 Å². The van der Waals surface area contributed by atoms with E-state index >= 15 is 0 Å². The lowest BCUT2D eigenvalue weighted by Crippen LogP contribution is -1.91. The molecule has 0 amide bonds. The number of nitrogens with zero attached hydrogens (tertiary/aromatic N) is 1. The molecule has 0 aliphatic rings. The Morgan fingerprint density at radius 1 is 1.62 bits per heavy atom. The lowest BCUT2D eigenvalue weighted by molar-refractivity contribution is -0.116. The second-order valence-corrected chi connectivity index (χ2v) is 2.88. The number of carbonyl (C=O) groups is 1. The Hall–Kier alpha value is -1.38. The molecule has 13 heavy (non-hydrogen) atoms. The molecular formula is C10H13NO2. The first-order chi connectivity index (χ1) is 6.24. The Kier molecular flexibility index (Phi) is 3.43. The average Bonchev–Trinajstić information content (AvgIpc) is 2.58. The summed E-state index contributed by atoms with van der Waals surface area (Å²) in [6.45, 7) is 3.52. The third kappa shape index (κ3) is 2.86. The summed E-state index contributed by atoms with van der Waals surface area (Å²) in [5.41, 5.74) is 1.03. The normalized spacial score (nSPS) is 11.7. The largest absolute Gasteiger partial charge is 0.444 e. The lowest BCUT2D eigenvalue weighted by atomic mass is 10.1. The summed E-state index contributed by atoms with van der Waals surface area (Å²) < 4.78 is 5.13. The predicted octanol–water partition coefficient (Wildman–Crippen LogP) is 2.45. The van der Waals surface area contributed by atoms with Crippen molar-refractivity contribution in [3.63, 3.8) is 0 Å². The van der Waals surface area contributed by atoms with Crippen molar-refractivity contribution in [3.8, 4) is 0 Å². The molecule has 1 aromatic heterocycles. The minimum Gasteiger partial charge on any atom is -0.444 e. The van der Waals surface area contributed by atoms with E-state index in [0.717, 1.165) is 17.8 Å². The molecule has 0 saturated carbocycles. The summed E-state index contributed by atoms with van der Waals surface area (Å²) in [6.07, 6.45) is 6.28. The third-order valence-electron chi connectivity index (χ3n) is 1.84. The first-order valence-corrected chi connectivity index (χ1v) is 4.27. The average molecular weight is 179 g/mol. The van der Waals surface area contributed by atoms with Crippen molar-refractivity contribution >= 4 is 11.4 Å². The van der Waals surface area contributed by atoms with Crippen molar-refractivity contribution in [1.29, 1.82) is 0 Å². The second-order valence-electron chi connectivity index (χ2n) is 2.88. The van der Waals surface area contributed by atoms with Crippen LogP contribution < -0.4 is 0 Å². The Bertz CT molecular complexity index is 299. The number of carbonyl (C=O) groups excluding carboxylic acids is 1. The Morgan fingerprint density at radius 2 is 2.38 bits per heavy atom. The minimum absolute atomic E-state index is 0.193. The molecule has 1 heterocycles. The van der Waals surface area contributed by atoms with Crippen LogP contribution in [0.3, 0.4) is 0 Å². The van der Waals surface area contributed by atoms with Crippen LogP contribution in [0.15, 0.2) is 23.1 Å². The summed E-state index contributed by atoms with van der Waals surface area (Å²) in [7, 11) is 0. The van der Waals surface area contributed by atoms with Crippen LogP contribution in [0, 0.1) is 0 Å². The van der Waals surface area contributed by atoms with Crippen molar-refractivity contribution < 1.29 is 9.21 Å². The van der Waals surface area contributed by atoms with E-state index in [4.69, 9.17) is 4.42 Å². The fourth-order valence-corrected chi connectivity index (χ4v) is 1.09. The Morgan fingerprint density at radius 3 is 2.85 bits per heavy atom. The van der Waals surface area contributed by atoms with Crippen LogP contribution in [-0.4, -0.2) is 10.8 Å². The van der Waals surface area contributed by atoms with Crippen LogP contribution in [0.5, 0.6) is 0 Å². The molecule has 0 atom stereocenters. The van der Waals surface area contributed by atoms with Gasteiger partial charge in [0.15, 0.2) is 6.39 Å². The summed E-state index contributed by atoms with van der Waals surface area (Å²) in [4.78, 5) is 14.6. The van der Waals surface area contributed by atoms with Gasteiger partial charge in [-0.05, 0) is 25.8 Å². The minimum atomic E-state index is 0.193. The number of hydrogen-bond acceptors (Lipinski definition) is 3. The van der Waals surface area contributed by atoms with Crippen molar-refractivity contribution in [2.75, 3.05) is 0 Å². The summed E-state index contributed by atoms with van der Waals surface area (Å²) >= 11 is 0. The van der Waals surface area contributed by atoms with E-state index in [1.54, 1.807) is 13.1 Å². The quantitative estimate of drug-likeness (QED) is 0.713. The molecule has 0 unspecified atom stereocenters. The SMILES string of the molecule is CC=C(CCC(C)=O)c1cnco1. The van der Waals surface area contributed by atoms with Crippen LogP contribution >= 0.6 is 0 Å². The van der Waals surface area contributed by atoms with Crippen molar-refractivity contribution in [1.82, 2.24) is 4.98 Å². The highest BCUT2D eigenvalue weighted by molar-refractivity contribution is 5.77. The van der Waals surface area contributed by atoms with Gasteiger partial charge in [-0.2, -0.15) is 0 Å². The topological polar surface area (TPSA) is 43.1 Å². The van der Waals surface area contributed by atoms with Gasteiger partial charge in [0, 0.05) is 6.42 Å². The third-order valence-corrected chi connectivity index (χ3v) is 1.84. The molecule has 0 radical (unpaired) electrons. The number of Topliss-reactive ketones (excluding diaryl/α,β-unsaturated/α-hetero) is 1. The zero-order valence-corrected chi connectivity index (χ0v) is 7.91. The van der Waals surface area contributed by atoms with E-state index in [0.29, 0.717) is 6.42 Å². The van der Waals surface area contributed by atoms with E-state index in [1.165, 1.54) is 6.39 Å². The second kappa shape index (κ2) is 4.60. The molecule has 0 aliphatic carbocycles. The van der Waals surface area contributed by atoms with Crippen LogP contribution in [-0.2, 0) is 4.79 Å². The molecule has 0 aromatic carbocycles. The number of oxazole rings is 1. The molecule has 0 aliphatic heterocycles. The lowest BCUT2D eigenvalue weighted by Gasteiger charge is -1.99. The molecule has 0 spiro atoms. The molecule has 3 heteroatoms. The van der Waals surface area contributed by atoms with E-state index in [-0.39, 0.29) is 5.78 Å². The van der Waals surface area contributed by atoms with Gasteiger partial charge in [-0.15, -0.1) is 0 Å². The van der Waals surface area contributed by atoms with Gasteiger partial charge < -0.3 is 9.21 Å².